The Bertz CT molecular complexity index is 753. The number of hydrogen-bond donors (Lipinski definition) is 2. The molecule has 2 heterocycles. The Labute approximate surface area is 123 Å². The van der Waals surface area contributed by atoms with Crippen molar-refractivity contribution in [1.82, 2.24) is 15.3 Å². The fourth-order valence-corrected chi connectivity index (χ4v) is 2.47. The summed E-state index contributed by atoms with van der Waals surface area (Å²) in [6.45, 7) is 0. The van der Waals surface area contributed by atoms with E-state index in [4.69, 9.17) is 5.73 Å². The summed E-state index contributed by atoms with van der Waals surface area (Å²) in [4.78, 5) is 16.2. The number of benzene rings is 1. The molecule has 0 radical (unpaired) electrons. The predicted octanol–water partition coefficient (Wildman–Crippen LogP) is 1.96. The fourth-order valence-electron chi connectivity index (χ4n) is 1.76. The second-order valence-corrected chi connectivity index (χ2v) is 5.10. The molecule has 1 aromatic carbocycles. The number of rotatable bonds is 4. The molecule has 0 spiro atoms. The molecule has 3 N–H and O–H groups in total. The molecule has 106 valence electrons. The highest BCUT2D eigenvalue weighted by Crippen LogP contribution is 2.26. The van der Waals surface area contributed by atoms with Crippen LogP contribution in [0, 0.1) is 0 Å². The molecule has 0 fully saturated rings. The van der Waals surface area contributed by atoms with Crippen LogP contribution in [0.4, 0.5) is 10.9 Å². The van der Waals surface area contributed by atoms with Gasteiger partial charge in [-0.2, -0.15) is 0 Å². The number of carbonyl (C=O) groups excluding carboxylic acids is 1. The van der Waals surface area contributed by atoms with Gasteiger partial charge < -0.3 is 11.1 Å². The number of nitrogens with zero attached hydrogens (tertiary/aromatic N) is 3. The first kappa shape index (κ1) is 13.3. The average molecular weight is 301 g/mol. The monoisotopic (exact) mass is 301 g/mol. The lowest BCUT2D eigenvalue weighted by Gasteiger charge is -2.01. The summed E-state index contributed by atoms with van der Waals surface area (Å²) in [5.41, 5.74) is 7.43. The Morgan fingerprint density at radius 3 is 2.81 bits per heavy atom. The van der Waals surface area contributed by atoms with E-state index >= 15 is 0 Å². The van der Waals surface area contributed by atoms with Crippen LogP contribution in [0.1, 0.15) is 5.56 Å². The Morgan fingerprint density at radius 2 is 2.10 bits per heavy atom. The molecule has 8 heteroatoms. The SMILES string of the molecule is Nc1nonc1-c1csc(NC(=O)Cc2ccccc2)n1. The molecule has 0 aliphatic heterocycles. The lowest BCUT2D eigenvalue weighted by molar-refractivity contribution is -0.115. The van der Waals surface area contributed by atoms with Crippen LogP contribution in [-0.4, -0.2) is 21.2 Å². The molecule has 0 unspecified atom stereocenters. The number of thiazole rings is 1. The molecule has 3 aromatic rings. The maximum absolute atomic E-state index is 11.9. The van der Waals surface area contributed by atoms with Gasteiger partial charge in [-0.3, -0.25) is 4.79 Å². The zero-order valence-electron chi connectivity index (χ0n) is 10.8. The smallest absolute Gasteiger partial charge is 0.230 e. The Hall–Kier alpha value is -2.74. The zero-order chi connectivity index (χ0) is 14.7. The minimum Gasteiger partial charge on any atom is -0.379 e. The van der Waals surface area contributed by atoms with Crippen LogP contribution in [0.25, 0.3) is 11.4 Å². The highest BCUT2D eigenvalue weighted by atomic mass is 32.1. The molecular formula is C13H11N5O2S. The van der Waals surface area contributed by atoms with Crippen molar-refractivity contribution in [1.29, 1.82) is 0 Å². The maximum Gasteiger partial charge on any atom is 0.230 e. The minimum absolute atomic E-state index is 0.131. The van der Waals surface area contributed by atoms with E-state index in [9.17, 15) is 4.79 Å². The van der Waals surface area contributed by atoms with Crippen LogP contribution in [0.5, 0.6) is 0 Å². The van der Waals surface area contributed by atoms with Crippen molar-refractivity contribution in [3.8, 4) is 11.4 Å². The van der Waals surface area contributed by atoms with Crippen LogP contribution >= 0.6 is 11.3 Å². The molecule has 7 nitrogen and oxygen atoms in total. The first-order valence-electron chi connectivity index (χ1n) is 6.10. The van der Waals surface area contributed by atoms with Gasteiger partial charge in [0, 0.05) is 5.38 Å². The normalized spacial score (nSPS) is 10.5. The summed E-state index contributed by atoms with van der Waals surface area (Å²) in [5.74, 6) is 0.0378. The Balaban J connectivity index is 1.67. The van der Waals surface area contributed by atoms with Crippen molar-refractivity contribution in [3.05, 3.63) is 41.3 Å². The zero-order valence-corrected chi connectivity index (χ0v) is 11.6. The Kier molecular flexibility index (Phi) is 3.61. The second kappa shape index (κ2) is 5.71. The van der Waals surface area contributed by atoms with Crippen LogP contribution in [-0.2, 0) is 11.2 Å². The van der Waals surface area contributed by atoms with Gasteiger partial charge in [-0.1, -0.05) is 30.3 Å². The van der Waals surface area contributed by atoms with Gasteiger partial charge in [-0.05, 0) is 15.9 Å². The van der Waals surface area contributed by atoms with Crippen LogP contribution in [0.15, 0.2) is 40.3 Å². The summed E-state index contributed by atoms with van der Waals surface area (Å²) >= 11 is 1.29. The summed E-state index contributed by atoms with van der Waals surface area (Å²) in [6, 6.07) is 9.49. The van der Waals surface area contributed by atoms with Crippen molar-refractivity contribution in [2.24, 2.45) is 0 Å². The molecule has 2 aromatic heterocycles. The van der Waals surface area contributed by atoms with E-state index in [-0.39, 0.29) is 11.7 Å². The molecule has 0 aliphatic carbocycles. The molecule has 0 saturated heterocycles. The third-order valence-corrected chi connectivity index (χ3v) is 3.47. The molecular weight excluding hydrogens is 290 g/mol. The first-order valence-corrected chi connectivity index (χ1v) is 6.98. The first-order chi connectivity index (χ1) is 10.2. The highest BCUT2D eigenvalue weighted by molar-refractivity contribution is 7.14. The number of hydrogen-bond acceptors (Lipinski definition) is 7. The van der Waals surface area contributed by atoms with Gasteiger partial charge in [0.15, 0.2) is 16.6 Å². The molecule has 0 saturated carbocycles. The van der Waals surface area contributed by atoms with Gasteiger partial charge in [0.05, 0.1) is 6.42 Å². The van der Waals surface area contributed by atoms with Gasteiger partial charge in [0.2, 0.25) is 5.91 Å². The molecule has 21 heavy (non-hydrogen) atoms. The van der Waals surface area contributed by atoms with Crippen molar-refractivity contribution in [2.75, 3.05) is 11.1 Å². The number of carbonyl (C=O) groups is 1. The van der Waals surface area contributed by atoms with E-state index in [1.807, 2.05) is 30.3 Å². The number of aromatic nitrogens is 3. The standard InChI is InChI=1S/C13H11N5O2S/c14-12-11(17-20-18-12)9-7-21-13(15-9)16-10(19)6-8-4-2-1-3-5-8/h1-5,7H,6H2,(H2,14,18)(H,15,16,19). The van der Waals surface area contributed by atoms with Crippen molar-refractivity contribution >= 4 is 28.2 Å². The van der Waals surface area contributed by atoms with Crippen LogP contribution in [0.2, 0.25) is 0 Å². The van der Waals surface area contributed by atoms with E-state index in [1.54, 1.807) is 5.38 Å². The van der Waals surface area contributed by atoms with Crippen molar-refractivity contribution in [3.63, 3.8) is 0 Å². The van der Waals surface area contributed by atoms with Gasteiger partial charge in [-0.15, -0.1) is 11.3 Å². The van der Waals surface area contributed by atoms with E-state index in [1.165, 1.54) is 11.3 Å². The summed E-state index contributed by atoms with van der Waals surface area (Å²) in [5, 5.41) is 12.1. The van der Waals surface area contributed by atoms with Gasteiger partial charge in [0.25, 0.3) is 0 Å². The molecule has 0 aliphatic rings. The fraction of sp³-hybridized carbons (Fsp3) is 0.0769. The van der Waals surface area contributed by atoms with E-state index in [0.717, 1.165) is 5.56 Å². The molecule has 0 bridgehead atoms. The predicted molar refractivity (Wildman–Crippen MR) is 78.6 cm³/mol. The Morgan fingerprint density at radius 1 is 1.29 bits per heavy atom. The third kappa shape index (κ3) is 3.06. The lowest BCUT2D eigenvalue weighted by Crippen LogP contribution is -2.14. The number of anilines is 2. The van der Waals surface area contributed by atoms with Gasteiger partial charge >= 0.3 is 0 Å². The van der Waals surface area contributed by atoms with Crippen molar-refractivity contribution in [2.45, 2.75) is 6.42 Å². The topological polar surface area (TPSA) is 107 Å². The van der Waals surface area contributed by atoms with E-state index in [0.29, 0.717) is 22.9 Å². The van der Waals surface area contributed by atoms with Crippen LogP contribution in [0.3, 0.4) is 0 Å². The highest BCUT2D eigenvalue weighted by Gasteiger charge is 2.14. The van der Waals surface area contributed by atoms with Crippen LogP contribution < -0.4 is 11.1 Å². The summed E-state index contributed by atoms with van der Waals surface area (Å²) in [7, 11) is 0. The summed E-state index contributed by atoms with van der Waals surface area (Å²) < 4.78 is 4.52. The third-order valence-electron chi connectivity index (χ3n) is 2.71. The number of nitrogens with one attached hydrogen (secondary N) is 1. The summed E-state index contributed by atoms with van der Waals surface area (Å²) in [6.07, 6.45) is 0.295. The van der Waals surface area contributed by atoms with Gasteiger partial charge in [0.1, 0.15) is 5.69 Å². The largest absolute Gasteiger partial charge is 0.379 e. The van der Waals surface area contributed by atoms with E-state index in [2.05, 4.69) is 25.2 Å². The quantitative estimate of drug-likeness (QED) is 0.762. The lowest BCUT2D eigenvalue weighted by atomic mass is 10.1. The molecule has 0 atom stereocenters. The van der Waals surface area contributed by atoms with Crippen molar-refractivity contribution < 1.29 is 9.42 Å². The molecule has 1 amide bonds. The van der Waals surface area contributed by atoms with E-state index < -0.39 is 0 Å². The molecule has 3 rings (SSSR count). The number of amides is 1. The minimum atomic E-state index is -0.131. The second-order valence-electron chi connectivity index (χ2n) is 4.25. The average Bonchev–Trinajstić information content (AvgIpc) is 3.08. The van der Waals surface area contributed by atoms with Gasteiger partial charge in [-0.25, -0.2) is 9.61 Å². The number of nitrogen functional groups attached to an aromatic ring is 1. The maximum atomic E-state index is 11.9. The number of nitrogens with two attached hydrogens (primary N) is 1.